The number of likely N-dealkylation sites (tertiary alicyclic amines) is 1. The minimum atomic E-state index is -4.02. The van der Waals surface area contributed by atoms with E-state index in [1.54, 1.807) is 17.7 Å². The lowest BCUT2D eigenvalue weighted by Crippen LogP contribution is -2.49. The number of rotatable bonds is 6. The SMILES string of the molecule is CN1CCN2c3c(cccc31)[C@@H]1CN(CCCC(=O)c3ccccc3)CC[C@@H]12.Cc1ccc(S(=O)(=O)O)cc1. The van der Waals surface area contributed by atoms with E-state index in [0.717, 1.165) is 50.3 Å². The van der Waals surface area contributed by atoms with E-state index in [-0.39, 0.29) is 10.7 Å². The van der Waals surface area contributed by atoms with Crippen molar-refractivity contribution in [2.45, 2.75) is 43.0 Å². The molecule has 8 heteroatoms. The maximum atomic E-state index is 12.4. The Morgan fingerprint density at radius 1 is 0.949 bits per heavy atom. The van der Waals surface area contributed by atoms with Crippen LogP contribution in [0.5, 0.6) is 0 Å². The molecule has 3 heterocycles. The molecule has 0 unspecified atom stereocenters. The molecule has 6 rings (SSSR count). The van der Waals surface area contributed by atoms with Gasteiger partial charge in [0, 0.05) is 57.2 Å². The summed E-state index contributed by atoms with van der Waals surface area (Å²) in [5.74, 6) is 0.881. The van der Waals surface area contributed by atoms with Crippen molar-refractivity contribution in [1.82, 2.24) is 4.90 Å². The molecular weight excluding hydrogens is 510 g/mol. The molecule has 0 saturated carbocycles. The van der Waals surface area contributed by atoms with Crippen LogP contribution in [0, 0.1) is 6.92 Å². The number of benzene rings is 3. The van der Waals surface area contributed by atoms with E-state index in [2.05, 4.69) is 39.9 Å². The predicted octanol–water partition coefficient (Wildman–Crippen LogP) is 5.02. The van der Waals surface area contributed by atoms with Crippen LogP contribution in [0.3, 0.4) is 0 Å². The number of piperidine rings is 1. The minimum Gasteiger partial charge on any atom is -0.371 e. The van der Waals surface area contributed by atoms with Crippen LogP contribution in [-0.4, -0.2) is 69.5 Å². The molecule has 0 amide bonds. The third kappa shape index (κ3) is 6.03. The summed E-state index contributed by atoms with van der Waals surface area (Å²) in [5, 5.41) is 0. The number of para-hydroxylation sites is 1. The number of hydrogen-bond donors (Lipinski definition) is 1. The summed E-state index contributed by atoms with van der Waals surface area (Å²) in [4.78, 5) is 20.0. The second-order valence-electron chi connectivity index (χ2n) is 10.8. The van der Waals surface area contributed by atoms with Crippen molar-refractivity contribution >= 4 is 27.3 Å². The van der Waals surface area contributed by atoms with E-state index in [0.29, 0.717) is 18.4 Å². The molecule has 3 aromatic rings. The number of carbonyl (C=O) groups excluding carboxylic acids is 1. The lowest BCUT2D eigenvalue weighted by Gasteiger charge is -2.41. The molecule has 1 saturated heterocycles. The van der Waals surface area contributed by atoms with Crippen molar-refractivity contribution in [2.75, 3.05) is 49.6 Å². The van der Waals surface area contributed by atoms with Gasteiger partial charge in [-0.3, -0.25) is 9.35 Å². The fraction of sp³-hybridized carbons (Fsp3) is 0.387. The third-order valence-electron chi connectivity index (χ3n) is 8.17. The normalized spacial score (nSPS) is 20.1. The highest BCUT2D eigenvalue weighted by Crippen LogP contribution is 2.50. The van der Waals surface area contributed by atoms with Crippen LogP contribution in [-0.2, 0) is 10.1 Å². The highest BCUT2D eigenvalue weighted by molar-refractivity contribution is 7.85. The lowest BCUT2D eigenvalue weighted by molar-refractivity contribution is 0.0971. The summed E-state index contributed by atoms with van der Waals surface area (Å²) >= 11 is 0. The molecule has 0 aliphatic carbocycles. The standard InChI is InChI=1S/C24H29N3O.C7H8O3S/c1-25-15-16-27-21-12-14-26(13-6-11-23(28)18-7-3-2-4-8-18)17-20(21)19-9-5-10-22(25)24(19)27;1-6-2-4-7(5-3-6)11(8,9)10/h2-5,7-10,20-21H,6,11-17H2,1H3;2-5H,1H3,(H,8,9,10)/t20-,21-;/m0./s1. The number of Topliss-reactive ketones (excluding diaryl/α,β-unsaturated/α-hetero) is 1. The summed E-state index contributed by atoms with van der Waals surface area (Å²) < 4.78 is 29.6. The van der Waals surface area contributed by atoms with Gasteiger partial charge in [-0.2, -0.15) is 8.42 Å². The van der Waals surface area contributed by atoms with Gasteiger partial charge in [0.25, 0.3) is 10.1 Å². The molecule has 1 fully saturated rings. The Morgan fingerprint density at radius 3 is 2.41 bits per heavy atom. The van der Waals surface area contributed by atoms with E-state index in [4.69, 9.17) is 4.55 Å². The van der Waals surface area contributed by atoms with Gasteiger partial charge in [-0.15, -0.1) is 0 Å². The zero-order valence-electron chi connectivity index (χ0n) is 22.7. The summed E-state index contributed by atoms with van der Waals surface area (Å²) in [6.45, 7) is 7.40. The third-order valence-corrected chi connectivity index (χ3v) is 9.04. The Bertz CT molecular complexity index is 1410. The van der Waals surface area contributed by atoms with Crippen molar-refractivity contribution in [3.8, 4) is 0 Å². The quantitative estimate of drug-likeness (QED) is 0.343. The number of carbonyl (C=O) groups is 1. The molecule has 2 atom stereocenters. The number of nitrogens with zero attached hydrogens (tertiary/aromatic N) is 3. The number of fused-ring (bicyclic) bond motifs is 3. The van der Waals surface area contributed by atoms with Crippen molar-refractivity contribution < 1.29 is 17.8 Å². The number of ketones is 1. The van der Waals surface area contributed by atoms with Crippen molar-refractivity contribution in [1.29, 1.82) is 0 Å². The maximum Gasteiger partial charge on any atom is 0.294 e. The van der Waals surface area contributed by atoms with Gasteiger partial charge in [-0.05, 0) is 50.1 Å². The number of hydrogen-bond acceptors (Lipinski definition) is 6. The first-order chi connectivity index (χ1) is 18.7. The fourth-order valence-corrected chi connectivity index (χ4v) is 6.60. The van der Waals surface area contributed by atoms with Gasteiger partial charge in [-0.25, -0.2) is 0 Å². The Labute approximate surface area is 231 Å². The second-order valence-corrected chi connectivity index (χ2v) is 12.2. The highest BCUT2D eigenvalue weighted by Gasteiger charge is 2.44. The Balaban J connectivity index is 0.000000237. The van der Waals surface area contributed by atoms with Crippen molar-refractivity contribution in [2.24, 2.45) is 0 Å². The topological polar surface area (TPSA) is 81.2 Å². The average Bonchev–Trinajstić information content (AvgIpc) is 3.25. The Hall–Kier alpha value is -3.20. The first-order valence-corrected chi connectivity index (χ1v) is 15.1. The van der Waals surface area contributed by atoms with Gasteiger partial charge in [0.05, 0.1) is 16.3 Å². The van der Waals surface area contributed by atoms with E-state index in [1.165, 1.54) is 29.9 Å². The molecule has 0 aromatic heterocycles. The second kappa shape index (κ2) is 11.5. The summed E-state index contributed by atoms with van der Waals surface area (Å²) in [6, 6.07) is 23.2. The first kappa shape index (κ1) is 27.4. The lowest BCUT2D eigenvalue weighted by atomic mass is 9.89. The van der Waals surface area contributed by atoms with Gasteiger partial charge in [0.15, 0.2) is 5.78 Å². The van der Waals surface area contributed by atoms with Crippen LogP contribution >= 0.6 is 0 Å². The molecule has 0 bridgehead atoms. The zero-order valence-corrected chi connectivity index (χ0v) is 23.5. The van der Waals surface area contributed by atoms with Crippen LogP contribution in [0.1, 0.15) is 46.7 Å². The molecule has 0 radical (unpaired) electrons. The summed E-state index contributed by atoms with van der Waals surface area (Å²) in [7, 11) is -1.81. The Kier molecular flexibility index (Phi) is 8.07. The van der Waals surface area contributed by atoms with Crippen LogP contribution in [0.15, 0.2) is 77.7 Å². The first-order valence-electron chi connectivity index (χ1n) is 13.7. The van der Waals surface area contributed by atoms with E-state index in [1.807, 2.05) is 37.3 Å². The zero-order chi connectivity index (χ0) is 27.6. The van der Waals surface area contributed by atoms with Crippen LogP contribution in [0.4, 0.5) is 11.4 Å². The van der Waals surface area contributed by atoms with Gasteiger partial charge in [0.2, 0.25) is 0 Å². The number of aryl methyl sites for hydroxylation is 1. The fourth-order valence-electron chi connectivity index (χ4n) is 6.12. The smallest absolute Gasteiger partial charge is 0.294 e. The maximum absolute atomic E-state index is 12.4. The number of anilines is 2. The van der Waals surface area contributed by atoms with Gasteiger partial charge in [0.1, 0.15) is 0 Å². The average molecular weight is 548 g/mol. The molecule has 206 valence electrons. The number of likely N-dealkylation sites (N-methyl/N-ethyl adjacent to an activating group) is 1. The van der Waals surface area contributed by atoms with Gasteiger partial charge in [-0.1, -0.05) is 60.2 Å². The minimum absolute atomic E-state index is 0.0666. The largest absolute Gasteiger partial charge is 0.371 e. The molecule has 7 nitrogen and oxygen atoms in total. The van der Waals surface area contributed by atoms with Crippen molar-refractivity contribution in [3.63, 3.8) is 0 Å². The molecule has 1 N–H and O–H groups in total. The van der Waals surface area contributed by atoms with E-state index in [9.17, 15) is 13.2 Å². The molecule has 0 spiro atoms. The molecule has 3 aromatic carbocycles. The summed E-state index contributed by atoms with van der Waals surface area (Å²) in [6.07, 6.45) is 2.83. The van der Waals surface area contributed by atoms with Crippen LogP contribution in [0.25, 0.3) is 0 Å². The monoisotopic (exact) mass is 547 g/mol. The van der Waals surface area contributed by atoms with Crippen LogP contribution in [0.2, 0.25) is 0 Å². The van der Waals surface area contributed by atoms with Crippen molar-refractivity contribution in [3.05, 3.63) is 89.5 Å². The van der Waals surface area contributed by atoms with Gasteiger partial charge >= 0.3 is 0 Å². The molecule has 39 heavy (non-hydrogen) atoms. The predicted molar refractivity (Wildman–Crippen MR) is 156 cm³/mol. The van der Waals surface area contributed by atoms with E-state index >= 15 is 0 Å². The highest BCUT2D eigenvalue weighted by atomic mass is 32.2. The molecule has 3 aliphatic rings. The van der Waals surface area contributed by atoms with Crippen LogP contribution < -0.4 is 9.80 Å². The molecule has 3 aliphatic heterocycles. The van der Waals surface area contributed by atoms with Gasteiger partial charge < -0.3 is 14.7 Å². The summed E-state index contributed by atoms with van der Waals surface area (Å²) in [5.41, 5.74) is 6.23. The Morgan fingerprint density at radius 2 is 1.69 bits per heavy atom. The van der Waals surface area contributed by atoms with E-state index < -0.39 is 10.1 Å². The molecular formula is C31H37N3O4S.